The minimum Gasteiger partial charge on any atom is -0.347 e. The lowest BCUT2D eigenvalue weighted by Crippen LogP contribution is -2.36. The van der Waals surface area contributed by atoms with Crippen LogP contribution in [-0.4, -0.2) is 31.5 Å². The second-order valence-electron chi connectivity index (χ2n) is 4.61. The molecule has 0 bridgehead atoms. The van der Waals surface area contributed by atoms with Crippen LogP contribution in [0.1, 0.15) is 42.7 Å². The average molecular weight is 245 g/mol. The van der Waals surface area contributed by atoms with Gasteiger partial charge in [0.05, 0.1) is 0 Å². The van der Waals surface area contributed by atoms with Crippen molar-refractivity contribution in [1.82, 2.24) is 24.9 Å². The highest BCUT2D eigenvalue weighted by molar-refractivity contribution is 5.91. The Bertz CT molecular complexity index is 525. The summed E-state index contributed by atoms with van der Waals surface area (Å²) in [5.41, 5.74) is 0. The van der Waals surface area contributed by atoms with Crippen molar-refractivity contribution >= 4 is 11.7 Å². The Morgan fingerprint density at radius 3 is 2.94 bits per heavy atom. The summed E-state index contributed by atoms with van der Waals surface area (Å²) in [5, 5.41) is 7.10. The standard InChI is InChI=1S/C12H15N5O/c18-11(14-9-5-2-1-3-6-9)10-15-12-13-7-4-8-17(12)16-10/h4,7-9H,1-3,5-6H2,(H,14,18). The zero-order chi connectivity index (χ0) is 12.4. The van der Waals surface area contributed by atoms with Crippen LogP contribution in [0.2, 0.25) is 0 Å². The normalized spacial score (nSPS) is 16.9. The third-order valence-electron chi connectivity index (χ3n) is 3.26. The highest BCUT2D eigenvalue weighted by Crippen LogP contribution is 2.17. The van der Waals surface area contributed by atoms with Gasteiger partial charge in [-0.15, -0.1) is 5.10 Å². The van der Waals surface area contributed by atoms with E-state index in [0.29, 0.717) is 5.78 Å². The smallest absolute Gasteiger partial charge is 0.291 e. The molecule has 2 aromatic rings. The minimum atomic E-state index is -0.201. The number of nitrogens with one attached hydrogen (secondary N) is 1. The van der Waals surface area contributed by atoms with Crippen molar-refractivity contribution in [3.8, 4) is 0 Å². The monoisotopic (exact) mass is 245 g/mol. The third-order valence-corrected chi connectivity index (χ3v) is 3.26. The van der Waals surface area contributed by atoms with Crippen LogP contribution in [0.3, 0.4) is 0 Å². The summed E-state index contributed by atoms with van der Waals surface area (Å²) in [6, 6.07) is 2.02. The second-order valence-corrected chi connectivity index (χ2v) is 4.61. The van der Waals surface area contributed by atoms with E-state index in [1.165, 1.54) is 23.8 Å². The number of amides is 1. The molecule has 94 valence electrons. The minimum absolute atomic E-state index is 0.194. The molecule has 6 heteroatoms. The molecule has 1 amide bonds. The molecule has 0 atom stereocenters. The van der Waals surface area contributed by atoms with Crippen LogP contribution in [-0.2, 0) is 0 Å². The SMILES string of the molecule is O=C(NC1CCCCC1)c1nc2ncccn2n1. The molecule has 1 aliphatic rings. The molecule has 1 fully saturated rings. The molecule has 3 rings (SSSR count). The van der Waals surface area contributed by atoms with E-state index in [2.05, 4.69) is 20.4 Å². The van der Waals surface area contributed by atoms with E-state index in [4.69, 9.17) is 0 Å². The highest BCUT2D eigenvalue weighted by Gasteiger charge is 2.19. The predicted octanol–water partition coefficient (Wildman–Crippen LogP) is 1.19. The van der Waals surface area contributed by atoms with E-state index < -0.39 is 0 Å². The maximum absolute atomic E-state index is 12.0. The first-order chi connectivity index (χ1) is 8.83. The number of rotatable bonds is 2. The van der Waals surface area contributed by atoms with Crippen molar-refractivity contribution in [3.05, 3.63) is 24.3 Å². The van der Waals surface area contributed by atoms with Crippen molar-refractivity contribution in [2.75, 3.05) is 0 Å². The number of hydrogen-bond donors (Lipinski definition) is 1. The Balaban J connectivity index is 1.74. The van der Waals surface area contributed by atoms with Gasteiger partial charge in [-0.25, -0.2) is 9.50 Å². The molecule has 0 spiro atoms. The first kappa shape index (κ1) is 11.1. The lowest BCUT2D eigenvalue weighted by atomic mass is 9.95. The van der Waals surface area contributed by atoms with Gasteiger partial charge >= 0.3 is 0 Å². The number of aromatic nitrogens is 4. The maximum Gasteiger partial charge on any atom is 0.291 e. The Hall–Kier alpha value is -1.98. The van der Waals surface area contributed by atoms with Gasteiger partial charge in [0.25, 0.3) is 11.7 Å². The molecule has 1 saturated carbocycles. The summed E-state index contributed by atoms with van der Waals surface area (Å²) in [5.74, 6) is 0.443. The number of carbonyl (C=O) groups is 1. The quantitative estimate of drug-likeness (QED) is 0.862. The molecular formula is C12H15N5O. The molecular weight excluding hydrogens is 230 g/mol. The second kappa shape index (κ2) is 4.72. The van der Waals surface area contributed by atoms with Crippen molar-refractivity contribution in [2.45, 2.75) is 38.1 Å². The maximum atomic E-state index is 12.0. The lowest BCUT2D eigenvalue weighted by molar-refractivity contribution is 0.0917. The highest BCUT2D eigenvalue weighted by atomic mass is 16.2. The van der Waals surface area contributed by atoms with E-state index in [-0.39, 0.29) is 17.8 Å². The number of hydrogen-bond acceptors (Lipinski definition) is 4. The van der Waals surface area contributed by atoms with E-state index in [0.717, 1.165) is 12.8 Å². The fourth-order valence-corrected chi connectivity index (χ4v) is 2.33. The molecule has 1 aliphatic carbocycles. The third kappa shape index (κ3) is 2.18. The first-order valence-electron chi connectivity index (χ1n) is 6.31. The van der Waals surface area contributed by atoms with E-state index in [1.807, 2.05) is 0 Å². The molecule has 1 N–H and O–H groups in total. The Kier molecular flexibility index (Phi) is 2.92. The Morgan fingerprint density at radius 1 is 1.33 bits per heavy atom. The molecule has 2 aromatic heterocycles. The largest absolute Gasteiger partial charge is 0.347 e. The first-order valence-corrected chi connectivity index (χ1v) is 6.31. The number of fused-ring (bicyclic) bond motifs is 1. The van der Waals surface area contributed by atoms with Gasteiger partial charge in [0.1, 0.15) is 0 Å². The van der Waals surface area contributed by atoms with Crippen molar-refractivity contribution in [1.29, 1.82) is 0 Å². The van der Waals surface area contributed by atoms with Gasteiger partial charge in [-0.05, 0) is 18.9 Å². The van der Waals surface area contributed by atoms with Gasteiger partial charge in [0.2, 0.25) is 5.82 Å². The molecule has 0 radical (unpaired) electrons. The zero-order valence-corrected chi connectivity index (χ0v) is 10.0. The van der Waals surface area contributed by atoms with Gasteiger partial charge in [-0.1, -0.05) is 19.3 Å². The summed E-state index contributed by atoms with van der Waals surface area (Å²) >= 11 is 0. The van der Waals surface area contributed by atoms with Gasteiger partial charge < -0.3 is 5.32 Å². The van der Waals surface area contributed by atoms with Crippen molar-refractivity contribution in [2.24, 2.45) is 0 Å². The van der Waals surface area contributed by atoms with Crippen molar-refractivity contribution in [3.63, 3.8) is 0 Å². The lowest BCUT2D eigenvalue weighted by Gasteiger charge is -2.21. The molecule has 2 heterocycles. The van der Waals surface area contributed by atoms with E-state index >= 15 is 0 Å². The average Bonchev–Trinajstić information content (AvgIpc) is 2.84. The summed E-state index contributed by atoms with van der Waals surface area (Å²) in [7, 11) is 0. The summed E-state index contributed by atoms with van der Waals surface area (Å²) < 4.78 is 1.51. The van der Waals surface area contributed by atoms with Crippen LogP contribution in [0.25, 0.3) is 5.78 Å². The van der Waals surface area contributed by atoms with E-state index in [9.17, 15) is 4.79 Å². The van der Waals surface area contributed by atoms with Crippen LogP contribution in [0.5, 0.6) is 0 Å². The predicted molar refractivity (Wildman–Crippen MR) is 65.1 cm³/mol. The van der Waals surface area contributed by atoms with Crippen LogP contribution >= 0.6 is 0 Å². The van der Waals surface area contributed by atoms with Gasteiger partial charge in [0.15, 0.2) is 0 Å². The molecule has 6 nitrogen and oxygen atoms in total. The van der Waals surface area contributed by atoms with Crippen LogP contribution in [0.15, 0.2) is 18.5 Å². The number of carbonyl (C=O) groups excluding carboxylic acids is 1. The van der Waals surface area contributed by atoms with Crippen LogP contribution < -0.4 is 5.32 Å². The summed E-state index contributed by atoms with van der Waals surface area (Å²) in [6.45, 7) is 0. The number of nitrogens with zero attached hydrogens (tertiary/aromatic N) is 4. The molecule has 0 saturated heterocycles. The molecule has 0 aromatic carbocycles. The van der Waals surface area contributed by atoms with Crippen molar-refractivity contribution < 1.29 is 4.79 Å². The van der Waals surface area contributed by atoms with Crippen LogP contribution in [0, 0.1) is 0 Å². The topological polar surface area (TPSA) is 72.2 Å². The van der Waals surface area contributed by atoms with Gasteiger partial charge in [0, 0.05) is 18.4 Å². The van der Waals surface area contributed by atoms with Gasteiger partial charge in [-0.2, -0.15) is 4.98 Å². The molecule has 0 aliphatic heterocycles. The zero-order valence-electron chi connectivity index (χ0n) is 10.0. The van der Waals surface area contributed by atoms with Gasteiger partial charge in [-0.3, -0.25) is 4.79 Å². The summed E-state index contributed by atoms with van der Waals surface area (Å²) in [6.07, 6.45) is 9.10. The fraction of sp³-hybridized carbons (Fsp3) is 0.500. The van der Waals surface area contributed by atoms with Crippen LogP contribution in [0.4, 0.5) is 0 Å². The summed E-state index contributed by atoms with van der Waals surface area (Å²) in [4.78, 5) is 20.2. The molecule has 18 heavy (non-hydrogen) atoms. The molecule has 0 unspecified atom stereocenters. The fourth-order valence-electron chi connectivity index (χ4n) is 2.33. The Labute approximate surface area is 104 Å². The Morgan fingerprint density at radius 2 is 2.17 bits per heavy atom. The van der Waals surface area contributed by atoms with E-state index in [1.54, 1.807) is 18.5 Å².